The minimum atomic E-state index is -5.08. The fourth-order valence-corrected chi connectivity index (χ4v) is 4.26. The van der Waals surface area contributed by atoms with E-state index in [-0.39, 0.29) is 12.0 Å². The quantitative estimate of drug-likeness (QED) is 0.206. The number of ether oxygens (including phenoxy) is 1. The molecular weight excluding hydrogens is 539 g/mol. The second-order valence-electron chi connectivity index (χ2n) is 8.64. The van der Waals surface area contributed by atoms with E-state index in [1.165, 1.54) is 0 Å². The second kappa shape index (κ2) is 11.6. The molecule has 4 aromatic rings. The highest BCUT2D eigenvalue weighted by atomic mass is 35.5. The molecule has 0 radical (unpaired) electrons. The Balaban J connectivity index is 0.000000448. The number of aromatic nitrogens is 2. The lowest BCUT2D eigenvalue weighted by molar-refractivity contribution is -0.192. The monoisotopic (exact) mass is 561 g/mol. The van der Waals surface area contributed by atoms with Gasteiger partial charge in [-0.1, -0.05) is 47.1 Å². The van der Waals surface area contributed by atoms with E-state index < -0.39 is 12.1 Å². The van der Waals surface area contributed by atoms with Gasteiger partial charge in [-0.2, -0.15) is 18.2 Å². The highest BCUT2D eigenvalue weighted by molar-refractivity contribution is 6.30. The Morgan fingerprint density at radius 3 is 2.59 bits per heavy atom. The first-order chi connectivity index (χ1) is 18.5. The number of nitrogens with two attached hydrogens (primary N) is 1. The maximum absolute atomic E-state index is 10.6. The molecule has 9 nitrogen and oxygen atoms in total. The van der Waals surface area contributed by atoms with E-state index in [9.17, 15) is 13.2 Å². The molecule has 3 aromatic carbocycles. The maximum atomic E-state index is 10.6. The number of benzene rings is 3. The Labute approximate surface area is 225 Å². The lowest BCUT2D eigenvalue weighted by atomic mass is 10.1. The number of nitrogens with zero attached hydrogens (tertiary/aromatic N) is 3. The molecule has 1 atom stereocenters. The van der Waals surface area contributed by atoms with E-state index >= 15 is 0 Å². The average molecular weight is 562 g/mol. The molecule has 1 aromatic heterocycles. The van der Waals surface area contributed by atoms with Gasteiger partial charge in [-0.3, -0.25) is 5.41 Å². The van der Waals surface area contributed by atoms with Crippen LogP contribution in [0.1, 0.15) is 30.3 Å². The molecule has 0 unspecified atom stereocenters. The summed E-state index contributed by atoms with van der Waals surface area (Å²) in [6, 6.07) is 19.5. The molecule has 13 heteroatoms. The van der Waals surface area contributed by atoms with Crippen LogP contribution in [0.2, 0.25) is 5.02 Å². The number of alkyl halides is 3. The van der Waals surface area contributed by atoms with Gasteiger partial charge < -0.3 is 25.0 Å². The van der Waals surface area contributed by atoms with Gasteiger partial charge in [-0.15, -0.1) is 0 Å². The summed E-state index contributed by atoms with van der Waals surface area (Å²) < 4.78 is 43.2. The molecule has 204 valence electrons. The van der Waals surface area contributed by atoms with Gasteiger partial charge in [0.2, 0.25) is 11.7 Å². The van der Waals surface area contributed by atoms with Crippen LogP contribution in [0.15, 0.2) is 65.2 Å². The molecule has 1 aliphatic heterocycles. The van der Waals surface area contributed by atoms with Crippen LogP contribution in [0.25, 0.3) is 22.2 Å². The lowest BCUT2D eigenvalue weighted by Crippen LogP contribution is -2.35. The highest BCUT2D eigenvalue weighted by Crippen LogP contribution is 2.32. The molecule has 0 spiro atoms. The predicted octanol–water partition coefficient (Wildman–Crippen LogP) is 5.79. The number of likely N-dealkylation sites (tertiary alicyclic amines) is 1. The minimum Gasteiger partial charge on any atom is -0.489 e. The first kappa shape index (κ1) is 27.7. The summed E-state index contributed by atoms with van der Waals surface area (Å²) in [5.41, 5.74) is 7.57. The Bertz CT molecular complexity index is 1490. The molecule has 1 aliphatic rings. The zero-order valence-corrected chi connectivity index (χ0v) is 21.0. The molecule has 39 heavy (non-hydrogen) atoms. The third kappa shape index (κ3) is 6.96. The summed E-state index contributed by atoms with van der Waals surface area (Å²) in [5.74, 6) is -0.910. The minimum absolute atomic E-state index is 0.0336. The van der Waals surface area contributed by atoms with E-state index in [4.69, 9.17) is 41.9 Å². The van der Waals surface area contributed by atoms with Gasteiger partial charge in [0, 0.05) is 17.1 Å². The van der Waals surface area contributed by atoms with Crippen molar-refractivity contribution in [3.05, 3.63) is 77.1 Å². The summed E-state index contributed by atoms with van der Waals surface area (Å²) in [6.45, 7) is 1.18. The molecule has 5 rings (SSSR count). The summed E-state index contributed by atoms with van der Waals surface area (Å²) in [4.78, 5) is 15.3. The van der Waals surface area contributed by atoms with E-state index in [1.807, 2.05) is 60.7 Å². The van der Waals surface area contributed by atoms with Gasteiger partial charge in [0.05, 0.1) is 0 Å². The summed E-state index contributed by atoms with van der Waals surface area (Å²) in [5, 5.41) is 21.8. The topological polar surface area (TPSA) is 139 Å². The van der Waals surface area contributed by atoms with E-state index in [0.29, 0.717) is 23.3 Å². The van der Waals surface area contributed by atoms with Crippen LogP contribution < -0.4 is 10.5 Å². The third-order valence-electron chi connectivity index (χ3n) is 5.90. The van der Waals surface area contributed by atoms with Crippen LogP contribution in [0, 0.1) is 5.41 Å². The smallest absolute Gasteiger partial charge is 0.489 e. The normalized spacial score (nSPS) is 15.1. The van der Waals surface area contributed by atoms with Crippen molar-refractivity contribution in [3.8, 4) is 17.1 Å². The lowest BCUT2D eigenvalue weighted by Gasteiger charge is -2.21. The Kier molecular flexibility index (Phi) is 8.24. The van der Waals surface area contributed by atoms with Gasteiger partial charge in [-0.05, 0) is 59.5 Å². The van der Waals surface area contributed by atoms with Crippen LogP contribution in [-0.2, 0) is 11.4 Å². The van der Waals surface area contributed by atoms with Crippen molar-refractivity contribution in [3.63, 3.8) is 0 Å². The number of hydrogen-bond donors (Lipinski definition) is 3. The van der Waals surface area contributed by atoms with Gasteiger partial charge in [0.15, 0.2) is 5.96 Å². The maximum Gasteiger partial charge on any atom is 0.490 e. The molecule has 2 heterocycles. The number of hydrogen-bond acceptors (Lipinski definition) is 6. The van der Waals surface area contributed by atoms with Crippen LogP contribution in [0.5, 0.6) is 5.75 Å². The van der Waals surface area contributed by atoms with Crippen molar-refractivity contribution in [2.45, 2.75) is 31.7 Å². The van der Waals surface area contributed by atoms with Crippen molar-refractivity contribution in [1.29, 1.82) is 5.41 Å². The standard InChI is InChI=1S/C24H22ClN5O2.C2HF3O2/c25-19-4-1-3-15(11-19)14-31-20-9-8-16-12-18(7-6-17(16)13-20)22-28-23(32-29-22)21-5-2-10-30(21)24(26)27;3-2(4,5)1(6)7/h1,3-4,6-9,11-13,21H,2,5,10,14H2,(H3,26,27);(H,6,7)/t21-;/m0./s1. The van der Waals surface area contributed by atoms with E-state index in [0.717, 1.165) is 47.0 Å². The molecule has 1 fully saturated rings. The number of nitrogens with one attached hydrogen (secondary N) is 1. The number of carboxylic acids is 1. The molecule has 1 saturated heterocycles. The predicted molar refractivity (Wildman–Crippen MR) is 137 cm³/mol. The Hall–Kier alpha value is -4.32. The Morgan fingerprint density at radius 1 is 1.18 bits per heavy atom. The average Bonchev–Trinajstić information content (AvgIpc) is 3.57. The van der Waals surface area contributed by atoms with Crippen LogP contribution in [0.4, 0.5) is 13.2 Å². The number of halogens is 4. The summed E-state index contributed by atoms with van der Waals surface area (Å²) in [6.07, 6.45) is -3.30. The van der Waals surface area contributed by atoms with Crippen molar-refractivity contribution >= 4 is 34.3 Å². The fraction of sp³-hybridized carbons (Fsp3) is 0.231. The number of carboxylic acid groups (broad SMARTS) is 1. The van der Waals surface area contributed by atoms with Crippen molar-refractivity contribution in [1.82, 2.24) is 15.0 Å². The fourth-order valence-electron chi connectivity index (χ4n) is 4.05. The number of fused-ring (bicyclic) bond motifs is 1. The molecule has 0 amide bonds. The number of aliphatic carboxylic acids is 1. The molecular formula is C26H23ClF3N5O4. The summed E-state index contributed by atoms with van der Waals surface area (Å²) >= 11 is 6.04. The molecule has 0 saturated carbocycles. The highest BCUT2D eigenvalue weighted by Gasteiger charge is 2.38. The van der Waals surface area contributed by atoms with Gasteiger partial charge in [-0.25, -0.2) is 4.79 Å². The van der Waals surface area contributed by atoms with Crippen LogP contribution in [0.3, 0.4) is 0 Å². The van der Waals surface area contributed by atoms with Gasteiger partial charge >= 0.3 is 12.1 Å². The van der Waals surface area contributed by atoms with Crippen molar-refractivity contribution < 1.29 is 32.3 Å². The zero-order chi connectivity index (χ0) is 28.2. The first-order valence-corrected chi connectivity index (χ1v) is 12.0. The SMILES string of the molecule is N=C(N)N1CCC[C@H]1c1nc(-c2ccc3cc(OCc4cccc(Cl)c4)ccc3c2)no1.O=C(O)C(F)(F)F. The van der Waals surface area contributed by atoms with Gasteiger partial charge in [0.25, 0.3) is 0 Å². The van der Waals surface area contributed by atoms with Crippen molar-refractivity contribution in [2.75, 3.05) is 6.54 Å². The number of carbonyl (C=O) groups is 1. The number of guanidine groups is 1. The zero-order valence-electron chi connectivity index (χ0n) is 20.3. The molecule has 0 aliphatic carbocycles. The molecule has 0 bridgehead atoms. The van der Waals surface area contributed by atoms with E-state index in [1.54, 1.807) is 4.90 Å². The van der Waals surface area contributed by atoms with Crippen LogP contribution in [-0.4, -0.2) is 44.8 Å². The largest absolute Gasteiger partial charge is 0.490 e. The van der Waals surface area contributed by atoms with Gasteiger partial charge in [0.1, 0.15) is 18.4 Å². The van der Waals surface area contributed by atoms with Crippen molar-refractivity contribution in [2.24, 2.45) is 5.73 Å². The van der Waals surface area contributed by atoms with Crippen LogP contribution >= 0.6 is 11.6 Å². The molecule has 4 N–H and O–H groups in total. The number of rotatable bonds is 5. The summed E-state index contributed by atoms with van der Waals surface area (Å²) in [7, 11) is 0. The van der Waals surface area contributed by atoms with E-state index in [2.05, 4.69) is 10.1 Å². The Morgan fingerprint density at radius 2 is 1.90 bits per heavy atom. The second-order valence-corrected chi connectivity index (χ2v) is 9.07. The third-order valence-corrected chi connectivity index (χ3v) is 6.13. The first-order valence-electron chi connectivity index (χ1n) is 11.7.